The Kier molecular flexibility index (Phi) is 6.05. The number of amides is 1. The summed E-state index contributed by atoms with van der Waals surface area (Å²) in [6, 6.07) is 36.3. The minimum absolute atomic E-state index is 0.00128. The Morgan fingerprint density at radius 1 is 0.765 bits per heavy atom. The molecule has 4 nitrogen and oxygen atoms in total. The van der Waals surface area contributed by atoms with Crippen molar-refractivity contribution in [1.82, 2.24) is 0 Å². The number of carbonyl (C=O) groups is 1. The van der Waals surface area contributed by atoms with Crippen molar-refractivity contribution in [2.75, 3.05) is 9.80 Å². The monoisotopic (exact) mass is 448 g/mol. The molecule has 1 heterocycles. The van der Waals surface area contributed by atoms with E-state index in [0.29, 0.717) is 12.1 Å². The molecule has 0 bridgehead atoms. The second kappa shape index (κ2) is 9.44. The SMILES string of the molecule is CC(C)Oc1ccc([C@@H]2N(Cc3ccccc3)c3ccccc3C(=O)N2c2ccccc2)cc1. The molecule has 0 aromatic heterocycles. The Hall–Kier alpha value is -4.05. The highest BCUT2D eigenvalue weighted by Gasteiger charge is 2.39. The van der Waals surface area contributed by atoms with Crippen LogP contribution in [-0.4, -0.2) is 12.0 Å². The van der Waals surface area contributed by atoms with Gasteiger partial charge in [-0.2, -0.15) is 0 Å². The average Bonchev–Trinajstić information content (AvgIpc) is 2.87. The molecule has 0 fully saturated rings. The summed E-state index contributed by atoms with van der Waals surface area (Å²) in [4.78, 5) is 18.1. The topological polar surface area (TPSA) is 32.8 Å². The Morgan fingerprint density at radius 3 is 2.06 bits per heavy atom. The normalized spacial score (nSPS) is 15.4. The van der Waals surface area contributed by atoms with E-state index in [1.54, 1.807) is 0 Å². The van der Waals surface area contributed by atoms with E-state index in [9.17, 15) is 4.79 Å². The van der Waals surface area contributed by atoms with Crippen LogP contribution in [0.25, 0.3) is 0 Å². The molecule has 4 aromatic carbocycles. The molecule has 0 aliphatic carbocycles. The summed E-state index contributed by atoms with van der Waals surface area (Å²) in [5, 5.41) is 0. The van der Waals surface area contributed by atoms with Gasteiger partial charge in [0.1, 0.15) is 11.9 Å². The minimum Gasteiger partial charge on any atom is -0.491 e. The van der Waals surface area contributed by atoms with Crippen molar-refractivity contribution >= 4 is 17.3 Å². The summed E-state index contributed by atoms with van der Waals surface area (Å²) in [6.07, 6.45) is -0.206. The Morgan fingerprint density at radius 2 is 1.38 bits per heavy atom. The molecule has 0 N–H and O–H groups in total. The lowest BCUT2D eigenvalue weighted by atomic mass is 9.99. The zero-order valence-electron chi connectivity index (χ0n) is 19.5. The van der Waals surface area contributed by atoms with Gasteiger partial charge in [0.25, 0.3) is 5.91 Å². The van der Waals surface area contributed by atoms with Gasteiger partial charge in [-0.3, -0.25) is 9.69 Å². The molecule has 170 valence electrons. The molecule has 0 radical (unpaired) electrons. The zero-order valence-corrected chi connectivity index (χ0v) is 19.5. The molecule has 5 rings (SSSR count). The van der Waals surface area contributed by atoms with E-state index < -0.39 is 0 Å². The van der Waals surface area contributed by atoms with Gasteiger partial charge in [0.05, 0.1) is 17.4 Å². The van der Waals surface area contributed by atoms with Crippen LogP contribution in [0.15, 0.2) is 109 Å². The summed E-state index contributed by atoms with van der Waals surface area (Å²) in [7, 11) is 0. The molecule has 34 heavy (non-hydrogen) atoms. The number of carbonyl (C=O) groups excluding carboxylic acids is 1. The minimum atomic E-state index is -0.307. The van der Waals surface area contributed by atoms with Crippen LogP contribution in [0.5, 0.6) is 5.75 Å². The number of hydrogen-bond acceptors (Lipinski definition) is 3. The zero-order chi connectivity index (χ0) is 23.5. The van der Waals surface area contributed by atoms with Gasteiger partial charge in [-0.05, 0) is 61.4 Å². The van der Waals surface area contributed by atoms with E-state index in [-0.39, 0.29) is 18.2 Å². The van der Waals surface area contributed by atoms with E-state index >= 15 is 0 Å². The second-order valence-corrected chi connectivity index (χ2v) is 8.75. The van der Waals surface area contributed by atoms with Gasteiger partial charge in [-0.15, -0.1) is 0 Å². The molecule has 0 spiro atoms. The predicted octanol–water partition coefficient (Wildman–Crippen LogP) is 6.84. The third kappa shape index (κ3) is 4.27. The standard InChI is InChI=1S/C30H28N2O2/c1-22(2)34-26-19-17-24(18-20-26)29-31(21-23-11-5-3-6-12-23)28-16-10-9-15-27(28)30(33)32(29)25-13-7-4-8-14-25/h3-20,22,29H,21H2,1-2H3/t29-/m1/s1. The second-order valence-electron chi connectivity index (χ2n) is 8.75. The van der Waals surface area contributed by atoms with Crippen LogP contribution in [0.3, 0.4) is 0 Å². The lowest BCUT2D eigenvalue weighted by molar-refractivity contribution is 0.0968. The van der Waals surface area contributed by atoms with Crippen LogP contribution in [0.2, 0.25) is 0 Å². The van der Waals surface area contributed by atoms with Crippen molar-refractivity contribution < 1.29 is 9.53 Å². The van der Waals surface area contributed by atoms with Crippen LogP contribution in [-0.2, 0) is 6.54 Å². The lowest BCUT2D eigenvalue weighted by Gasteiger charge is -2.46. The van der Waals surface area contributed by atoms with Gasteiger partial charge in [0.15, 0.2) is 0 Å². The van der Waals surface area contributed by atoms with Gasteiger partial charge < -0.3 is 9.64 Å². The van der Waals surface area contributed by atoms with E-state index in [2.05, 4.69) is 41.3 Å². The van der Waals surface area contributed by atoms with Gasteiger partial charge >= 0.3 is 0 Å². The highest BCUT2D eigenvalue weighted by molar-refractivity contribution is 6.12. The Labute approximate surface area is 201 Å². The number of ether oxygens (including phenoxy) is 1. The van der Waals surface area contributed by atoms with Gasteiger partial charge in [-0.1, -0.05) is 72.8 Å². The number of benzene rings is 4. The fourth-order valence-electron chi connectivity index (χ4n) is 4.54. The van der Waals surface area contributed by atoms with Gasteiger partial charge in [0.2, 0.25) is 0 Å². The van der Waals surface area contributed by atoms with Crippen molar-refractivity contribution in [3.8, 4) is 5.75 Å². The number of anilines is 2. The Balaban J connectivity index is 1.67. The van der Waals surface area contributed by atoms with E-state index in [1.807, 2.05) is 91.5 Å². The van der Waals surface area contributed by atoms with Crippen molar-refractivity contribution in [2.24, 2.45) is 0 Å². The molecule has 1 aliphatic rings. The lowest BCUT2D eigenvalue weighted by Crippen LogP contribution is -2.49. The number of hydrogen-bond donors (Lipinski definition) is 0. The maximum atomic E-state index is 13.9. The number of rotatable bonds is 6. The maximum Gasteiger partial charge on any atom is 0.262 e. The number of nitrogens with zero attached hydrogens (tertiary/aromatic N) is 2. The first-order valence-electron chi connectivity index (χ1n) is 11.7. The third-order valence-electron chi connectivity index (χ3n) is 5.98. The fraction of sp³-hybridized carbons (Fsp3) is 0.167. The smallest absolute Gasteiger partial charge is 0.262 e. The van der Waals surface area contributed by atoms with Crippen molar-refractivity contribution in [3.63, 3.8) is 0 Å². The van der Waals surface area contributed by atoms with E-state index in [1.165, 1.54) is 5.56 Å². The molecule has 1 atom stereocenters. The van der Waals surface area contributed by atoms with Crippen molar-refractivity contribution in [2.45, 2.75) is 32.7 Å². The molecule has 1 aliphatic heterocycles. The average molecular weight is 449 g/mol. The van der Waals surface area contributed by atoms with E-state index in [0.717, 1.165) is 22.7 Å². The van der Waals surface area contributed by atoms with Crippen LogP contribution >= 0.6 is 0 Å². The Bertz CT molecular complexity index is 1250. The molecule has 0 unspecified atom stereocenters. The van der Waals surface area contributed by atoms with E-state index in [4.69, 9.17) is 4.74 Å². The first-order valence-corrected chi connectivity index (χ1v) is 11.7. The molecule has 1 amide bonds. The molecule has 0 saturated carbocycles. The molecule has 4 heteroatoms. The number of para-hydroxylation sites is 2. The summed E-state index contributed by atoms with van der Waals surface area (Å²) < 4.78 is 5.87. The van der Waals surface area contributed by atoms with Crippen molar-refractivity contribution in [3.05, 3.63) is 126 Å². The first kappa shape index (κ1) is 21.8. The molecular formula is C30H28N2O2. The quantitative estimate of drug-likeness (QED) is 0.324. The highest BCUT2D eigenvalue weighted by atomic mass is 16.5. The fourth-order valence-corrected chi connectivity index (χ4v) is 4.54. The third-order valence-corrected chi connectivity index (χ3v) is 5.98. The van der Waals surface area contributed by atoms with Crippen molar-refractivity contribution in [1.29, 1.82) is 0 Å². The predicted molar refractivity (Wildman–Crippen MR) is 137 cm³/mol. The summed E-state index contributed by atoms with van der Waals surface area (Å²) in [5.74, 6) is 0.820. The first-order chi connectivity index (χ1) is 16.6. The summed E-state index contributed by atoms with van der Waals surface area (Å²) in [6.45, 7) is 4.70. The maximum absolute atomic E-state index is 13.9. The largest absolute Gasteiger partial charge is 0.491 e. The van der Waals surface area contributed by atoms with Gasteiger partial charge in [-0.25, -0.2) is 0 Å². The highest BCUT2D eigenvalue weighted by Crippen LogP contribution is 2.42. The molecular weight excluding hydrogens is 420 g/mol. The van der Waals surface area contributed by atoms with Gasteiger partial charge in [0, 0.05) is 12.2 Å². The summed E-state index contributed by atoms with van der Waals surface area (Å²) >= 11 is 0. The van der Waals surface area contributed by atoms with Crippen LogP contribution in [0, 0.1) is 0 Å². The molecule has 0 saturated heterocycles. The van der Waals surface area contributed by atoms with Crippen LogP contribution < -0.4 is 14.5 Å². The van der Waals surface area contributed by atoms with Crippen LogP contribution in [0.1, 0.15) is 41.5 Å². The summed E-state index contributed by atoms with van der Waals surface area (Å²) in [5.41, 5.74) is 4.73. The number of fused-ring (bicyclic) bond motifs is 1. The molecule has 4 aromatic rings. The van der Waals surface area contributed by atoms with Crippen LogP contribution in [0.4, 0.5) is 11.4 Å².